The highest BCUT2D eigenvalue weighted by atomic mass is 14.7. The Hall–Kier alpha value is -1.11. The molecule has 1 nitrogen and oxygen atoms in total. The molecule has 1 aromatic carbocycles. The van der Waals surface area contributed by atoms with E-state index in [0.29, 0.717) is 0 Å². The minimum absolute atomic E-state index is 0.942. The summed E-state index contributed by atoms with van der Waals surface area (Å²) in [6.45, 7) is 4.41. The molecule has 1 saturated carbocycles. The summed E-state index contributed by atoms with van der Waals surface area (Å²) in [4.78, 5) is 4.74. The predicted molar refractivity (Wildman–Crippen MR) is 70.5 cm³/mol. The van der Waals surface area contributed by atoms with Crippen molar-refractivity contribution < 1.29 is 0 Å². The first-order valence-corrected chi connectivity index (χ1v) is 6.41. The molecule has 0 heterocycles. The lowest BCUT2D eigenvalue weighted by Gasteiger charge is -2.21. The molecular weight excluding hydrogens is 194 g/mol. The summed E-state index contributed by atoms with van der Waals surface area (Å²) in [7, 11) is 0. The van der Waals surface area contributed by atoms with Gasteiger partial charge in [-0.1, -0.05) is 31.0 Å². The average Bonchev–Trinajstić information content (AvgIpc) is 2.33. The number of rotatable bonds is 2. The van der Waals surface area contributed by atoms with E-state index in [1.54, 1.807) is 0 Å². The van der Waals surface area contributed by atoms with Gasteiger partial charge in [-0.05, 0) is 50.7 Å². The van der Waals surface area contributed by atoms with Crippen LogP contribution >= 0.6 is 0 Å². The first-order valence-electron chi connectivity index (χ1n) is 6.41. The van der Waals surface area contributed by atoms with Crippen molar-refractivity contribution in [3.63, 3.8) is 0 Å². The molecule has 0 amide bonds. The zero-order chi connectivity index (χ0) is 11.4. The Labute approximate surface area is 98.6 Å². The van der Waals surface area contributed by atoms with Crippen LogP contribution in [0.3, 0.4) is 0 Å². The second-order valence-electron chi connectivity index (χ2n) is 4.87. The number of hydrogen-bond donors (Lipinski definition) is 0. The highest BCUT2D eigenvalue weighted by Gasteiger charge is 2.15. The van der Waals surface area contributed by atoms with Crippen molar-refractivity contribution in [3.8, 4) is 0 Å². The molecule has 1 aromatic rings. The van der Waals surface area contributed by atoms with E-state index in [2.05, 4.69) is 38.1 Å². The molecule has 0 bridgehead atoms. The van der Waals surface area contributed by atoms with Crippen LogP contribution in [0.25, 0.3) is 0 Å². The summed E-state index contributed by atoms with van der Waals surface area (Å²) in [6, 6.07) is 8.51. The van der Waals surface area contributed by atoms with Crippen molar-refractivity contribution in [1.82, 2.24) is 0 Å². The van der Waals surface area contributed by atoms with Gasteiger partial charge in [0.15, 0.2) is 0 Å². The van der Waals surface area contributed by atoms with Crippen LogP contribution in [0, 0.1) is 12.8 Å². The van der Waals surface area contributed by atoms with Crippen molar-refractivity contribution in [1.29, 1.82) is 0 Å². The molecule has 0 aromatic heterocycles. The Bertz CT molecular complexity index is 352. The van der Waals surface area contributed by atoms with Crippen LogP contribution in [-0.2, 0) is 0 Å². The van der Waals surface area contributed by atoms with E-state index < -0.39 is 0 Å². The Morgan fingerprint density at radius 1 is 1.12 bits per heavy atom. The highest BCUT2D eigenvalue weighted by Crippen LogP contribution is 2.26. The first kappa shape index (κ1) is 11.4. The summed E-state index contributed by atoms with van der Waals surface area (Å²) in [6.07, 6.45) is 6.40. The van der Waals surface area contributed by atoms with Crippen LogP contribution in [0.2, 0.25) is 0 Å². The van der Waals surface area contributed by atoms with Gasteiger partial charge in [0, 0.05) is 5.71 Å². The summed E-state index contributed by atoms with van der Waals surface area (Å²) in [5, 5.41) is 0. The van der Waals surface area contributed by atoms with Crippen LogP contribution in [0.15, 0.2) is 29.3 Å². The van der Waals surface area contributed by atoms with Gasteiger partial charge in [-0.15, -0.1) is 0 Å². The number of hydrogen-bond acceptors (Lipinski definition) is 1. The van der Waals surface area contributed by atoms with Gasteiger partial charge in [-0.2, -0.15) is 0 Å². The Kier molecular flexibility index (Phi) is 3.76. The van der Waals surface area contributed by atoms with E-state index in [9.17, 15) is 0 Å². The Balaban J connectivity index is 2.00. The molecule has 86 valence electrons. The van der Waals surface area contributed by atoms with Gasteiger partial charge in [0.1, 0.15) is 0 Å². The molecule has 0 atom stereocenters. The third-order valence-corrected chi connectivity index (χ3v) is 3.58. The van der Waals surface area contributed by atoms with Crippen molar-refractivity contribution in [2.24, 2.45) is 10.9 Å². The number of nitrogens with zero attached hydrogens (tertiary/aromatic N) is 1. The molecule has 0 radical (unpaired) electrons. The average molecular weight is 215 g/mol. The fraction of sp³-hybridized carbons (Fsp3) is 0.533. The van der Waals surface area contributed by atoms with E-state index in [-0.39, 0.29) is 0 Å². The molecule has 0 spiro atoms. The molecule has 0 saturated heterocycles. The van der Waals surface area contributed by atoms with Crippen molar-refractivity contribution in [2.75, 3.05) is 0 Å². The number of benzene rings is 1. The molecule has 1 heteroatoms. The third-order valence-electron chi connectivity index (χ3n) is 3.58. The van der Waals surface area contributed by atoms with E-state index in [4.69, 9.17) is 4.99 Å². The fourth-order valence-corrected chi connectivity index (χ4v) is 2.33. The van der Waals surface area contributed by atoms with Gasteiger partial charge >= 0.3 is 0 Å². The van der Waals surface area contributed by atoms with E-state index in [1.807, 2.05) is 0 Å². The molecule has 1 fully saturated rings. The molecule has 1 aliphatic carbocycles. The second-order valence-corrected chi connectivity index (χ2v) is 4.87. The lowest BCUT2D eigenvalue weighted by Crippen LogP contribution is -2.13. The van der Waals surface area contributed by atoms with Crippen LogP contribution in [-0.4, -0.2) is 5.71 Å². The van der Waals surface area contributed by atoms with E-state index >= 15 is 0 Å². The lowest BCUT2D eigenvalue weighted by molar-refractivity contribution is 0.429. The topological polar surface area (TPSA) is 12.4 Å². The monoisotopic (exact) mass is 215 g/mol. The summed E-state index contributed by atoms with van der Waals surface area (Å²) < 4.78 is 0. The van der Waals surface area contributed by atoms with Gasteiger partial charge in [-0.25, -0.2) is 0 Å². The van der Waals surface area contributed by atoms with Crippen molar-refractivity contribution >= 4 is 11.4 Å². The maximum Gasteiger partial charge on any atom is 0.0629 e. The standard InChI is InChI=1S/C15H21N/c1-3-13-6-10-15(11-7-13)16-14-8-4-12(2)5-9-14/h4-5,8-9,13H,3,6-7,10-11H2,1-2H3. The van der Waals surface area contributed by atoms with E-state index in [1.165, 1.54) is 43.4 Å². The molecule has 2 rings (SSSR count). The maximum absolute atomic E-state index is 4.74. The third kappa shape index (κ3) is 2.94. The first-order chi connectivity index (χ1) is 7.78. The van der Waals surface area contributed by atoms with Crippen LogP contribution in [0.5, 0.6) is 0 Å². The van der Waals surface area contributed by atoms with Gasteiger partial charge < -0.3 is 0 Å². The zero-order valence-corrected chi connectivity index (χ0v) is 10.4. The minimum Gasteiger partial charge on any atom is -0.258 e. The fourth-order valence-electron chi connectivity index (χ4n) is 2.33. The molecular formula is C15H21N. The molecule has 1 aliphatic rings. The zero-order valence-electron chi connectivity index (χ0n) is 10.4. The SMILES string of the molecule is CCC1CCC(=Nc2ccc(C)cc2)CC1. The highest BCUT2D eigenvalue weighted by molar-refractivity contribution is 5.87. The normalized spacial score (nSPS) is 20.9. The Morgan fingerprint density at radius 2 is 1.75 bits per heavy atom. The van der Waals surface area contributed by atoms with Crippen molar-refractivity contribution in [3.05, 3.63) is 29.8 Å². The molecule has 0 unspecified atom stereocenters. The van der Waals surface area contributed by atoms with Crippen LogP contribution < -0.4 is 0 Å². The van der Waals surface area contributed by atoms with Gasteiger partial charge in [0.2, 0.25) is 0 Å². The lowest BCUT2D eigenvalue weighted by atomic mass is 9.86. The number of aryl methyl sites for hydroxylation is 1. The van der Waals surface area contributed by atoms with Crippen LogP contribution in [0.4, 0.5) is 5.69 Å². The second kappa shape index (κ2) is 5.29. The summed E-state index contributed by atoms with van der Waals surface area (Å²) in [5.74, 6) is 0.942. The largest absolute Gasteiger partial charge is 0.258 e. The quantitative estimate of drug-likeness (QED) is 0.680. The molecule has 16 heavy (non-hydrogen) atoms. The predicted octanol–water partition coefficient (Wildman–Crippen LogP) is 4.67. The Morgan fingerprint density at radius 3 is 2.31 bits per heavy atom. The smallest absolute Gasteiger partial charge is 0.0629 e. The van der Waals surface area contributed by atoms with Gasteiger partial charge in [0.25, 0.3) is 0 Å². The molecule has 0 N–H and O–H groups in total. The minimum atomic E-state index is 0.942. The van der Waals surface area contributed by atoms with Crippen molar-refractivity contribution in [2.45, 2.75) is 46.0 Å². The van der Waals surface area contributed by atoms with Gasteiger partial charge in [0.05, 0.1) is 5.69 Å². The summed E-state index contributed by atoms with van der Waals surface area (Å²) >= 11 is 0. The van der Waals surface area contributed by atoms with Gasteiger partial charge in [-0.3, -0.25) is 4.99 Å². The number of aliphatic imine (C=N–C) groups is 1. The van der Waals surface area contributed by atoms with Crippen LogP contribution in [0.1, 0.15) is 44.6 Å². The maximum atomic E-state index is 4.74. The molecule has 0 aliphatic heterocycles. The van der Waals surface area contributed by atoms with E-state index in [0.717, 1.165) is 11.6 Å². The summed E-state index contributed by atoms with van der Waals surface area (Å²) in [5.41, 5.74) is 3.82.